The smallest absolute Gasteiger partial charge is 0.412 e. The molecule has 1 heterocycles. The number of carbonyl (C=O) groups is 1. The van der Waals surface area contributed by atoms with Gasteiger partial charge in [-0.3, -0.25) is 10.3 Å². The predicted octanol–water partition coefficient (Wildman–Crippen LogP) is 1.92. The van der Waals surface area contributed by atoms with Gasteiger partial charge in [0.2, 0.25) is 0 Å². The number of aromatic nitrogens is 1. The number of nitrogens with zero attached hydrogens (tertiary/aromatic N) is 1. The molecule has 0 fully saturated rings. The Morgan fingerprint density at radius 2 is 2.19 bits per heavy atom. The van der Waals surface area contributed by atoms with Crippen LogP contribution >= 0.6 is 0 Å². The van der Waals surface area contributed by atoms with Crippen molar-refractivity contribution in [1.29, 1.82) is 0 Å². The van der Waals surface area contributed by atoms with Crippen LogP contribution in [0.15, 0.2) is 18.3 Å². The number of nitrogens with one attached hydrogen (secondary N) is 1. The summed E-state index contributed by atoms with van der Waals surface area (Å²) in [6.45, 7) is 5.26. The summed E-state index contributed by atoms with van der Waals surface area (Å²) in [7, 11) is 0. The van der Waals surface area contributed by atoms with E-state index in [0.29, 0.717) is 11.4 Å². The van der Waals surface area contributed by atoms with Crippen LogP contribution in [0.3, 0.4) is 0 Å². The van der Waals surface area contributed by atoms with E-state index < -0.39 is 11.7 Å². The Labute approximate surface area is 94.5 Å². The average molecular weight is 224 g/mol. The summed E-state index contributed by atoms with van der Waals surface area (Å²) < 4.78 is 5.07. The van der Waals surface area contributed by atoms with Gasteiger partial charge in [0.15, 0.2) is 0 Å². The van der Waals surface area contributed by atoms with Crippen LogP contribution in [0.2, 0.25) is 0 Å². The van der Waals surface area contributed by atoms with Crippen LogP contribution in [0, 0.1) is 0 Å². The lowest BCUT2D eigenvalue weighted by Gasteiger charge is -2.19. The molecule has 1 rings (SSSR count). The lowest BCUT2D eigenvalue weighted by atomic mass is 10.2. The van der Waals surface area contributed by atoms with Crippen molar-refractivity contribution in [2.75, 3.05) is 5.32 Å². The Kier molecular flexibility index (Phi) is 3.84. The predicted molar refractivity (Wildman–Crippen MR) is 60.0 cm³/mol. The number of ether oxygens (including phenoxy) is 1. The van der Waals surface area contributed by atoms with E-state index in [4.69, 9.17) is 9.84 Å². The molecular formula is C11H16N2O3. The first-order valence-electron chi connectivity index (χ1n) is 4.96. The molecule has 0 radical (unpaired) electrons. The molecule has 0 aromatic carbocycles. The van der Waals surface area contributed by atoms with Crippen molar-refractivity contribution in [3.8, 4) is 0 Å². The van der Waals surface area contributed by atoms with Crippen LogP contribution < -0.4 is 5.32 Å². The largest absolute Gasteiger partial charge is 0.444 e. The molecule has 1 aromatic rings. The minimum absolute atomic E-state index is 0.118. The fraction of sp³-hybridized carbons (Fsp3) is 0.455. The summed E-state index contributed by atoms with van der Waals surface area (Å²) in [6, 6.07) is 3.29. The maximum Gasteiger partial charge on any atom is 0.412 e. The van der Waals surface area contributed by atoms with Crippen LogP contribution in [0.1, 0.15) is 26.5 Å². The van der Waals surface area contributed by atoms with Gasteiger partial charge in [-0.1, -0.05) is 0 Å². The van der Waals surface area contributed by atoms with Crippen molar-refractivity contribution < 1.29 is 14.6 Å². The van der Waals surface area contributed by atoms with Crippen LogP contribution in [0.5, 0.6) is 0 Å². The zero-order chi connectivity index (χ0) is 12.2. The maximum absolute atomic E-state index is 11.4. The molecule has 0 aliphatic carbocycles. The summed E-state index contributed by atoms with van der Waals surface area (Å²) >= 11 is 0. The van der Waals surface area contributed by atoms with Crippen molar-refractivity contribution in [1.82, 2.24) is 4.98 Å². The molecule has 2 N–H and O–H groups in total. The highest BCUT2D eigenvalue weighted by molar-refractivity contribution is 5.84. The van der Waals surface area contributed by atoms with E-state index in [1.54, 1.807) is 32.9 Å². The third-order valence-corrected chi connectivity index (χ3v) is 1.63. The first kappa shape index (κ1) is 12.4. The van der Waals surface area contributed by atoms with Crippen molar-refractivity contribution in [2.24, 2.45) is 0 Å². The van der Waals surface area contributed by atoms with Crippen LogP contribution in [-0.2, 0) is 11.3 Å². The number of amides is 1. The summed E-state index contributed by atoms with van der Waals surface area (Å²) in [6.07, 6.45) is 0.946. The van der Waals surface area contributed by atoms with Gasteiger partial charge in [-0.25, -0.2) is 4.79 Å². The van der Waals surface area contributed by atoms with Gasteiger partial charge in [-0.05, 0) is 32.9 Å². The van der Waals surface area contributed by atoms with E-state index in [0.717, 1.165) is 0 Å². The molecular weight excluding hydrogens is 208 g/mol. The van der Waals surface area contributed by atoms with Gasteiger partial charge in [0.25, 0.3) is 0 Å². The molecule has 5 heteroatoms. The summed E-state index contributed by atoms with van der Waals surface area (Å²) in [5, 5.41) is 11.3. The van der Waals surface area contributed by atoms with Gasteiger partial charge in [0.05, 0.1) is 24.2 Å². The molecule has 88 valence electrons. The SMILES string of the molecule is CC(C)(C)OC(=O)Nc1ccc(CO)nc1. The Balaban J connectivity index is 2.56. The topological polar surface area (TPSA) is 71.5 Å². The zero-order valence-corrected chi connectivity index (χ0v) is 9.65. The average Bonchev–Trinajstić information content (AvgIpc) is 2.16. The molecule has 0 saturated carbocycles. The second-order valence-corrected chi connectivity index (χ2v) is 4.32. The Morgan fingerprint density at radius 1 is 1.50 bits per heavy atom. The third kappa shape index (κ3) is 4.27. The minimum atomic E-state index is -0.525. The van der Waals surface area contributed by atoms with E-state index >= 15 is 0 Å². The second kappa shape index (κ2) is 4.94. The van der Waals surface area contributed by atoms with Crippen LogP contribution in [0.25, 0.3) is 0 Å². The second-order valence-electron chi connectivity index (χ2n) is 4.32. The molecule has 0 unspecified atom stereocenters. The van der Waals surface area contributed by atoms with Gasteiger partial charge in [-0.2, -0.15) is 0 Å². The summed E-state index contributed by atoms with van der Waals surface area (Å²) in [4.78, 5) is 15.3. The number of hydrogen-bond acceptors (Lipinski definition) is 4. The van der Waals surface area contributed by atoms with E-state index in [1.165, 1.54) is 6.20 Å². The number of aliphatic hydroxyl groups is 1. The Bertz CT molecular complexity index is 354. The normalized spacial score (nSPS) is 11.0. The molecule has 0 saturated heterocycles. The number of rotatable bonds is 2. The van der Waals surface area contributed by atoms with E-state index in [-0.39, 0.29) is 6.61 Å². The number of hydrogen-bond donors (Lipinski definition) is 2. The Morgan fingerprint density at radius 3 is 2.62 bits per heavy atom. The highest BCUT2D eigenvalue weighted by Gasteiger charge is 2.16. The van der Waals surface area contributed by atoms with Gasteiger partial charge in [0, 0.05) is 0 Å². The van der Waals surface area contributed by atoms with Gasteiger partial charge in [-0.15, -0.1) is 0 Å². The molecule has 0 aliphatic heterocycles. The molecule has 1 amide bonds. The molecule has 0 spiro atoms. The van der Waals surface area contributed by atoms with E-state index in [1.807, 2.05) is 0 Å². The lowest BCUT2D eigenvalue weighted by molar-refractivity contribution is 0.0636. The van der Waals surface area contributed by atoms with Crippen molar-refractivity contribution in [3.63, 3.8) is 0 Å². The number of anilines is 1. The van der Waals surface area contributed by atoms with Crippen molar-refractivity contribution in [2.45, 2.75) is 33.0 Å². The van der Waals surface area contributed by atoms with Crippen LogP contribution in [-0.4, -0.2) is 21.8 Å². The molecule has 0 bridgehead atoms. The molecule has 0 aliphatic rings. The molecule has 0 atom stereocenters. The van der Waals surface area contributed by atoms with Gasteiger partial charge < -0.3 is 9.84 Å². The lowest BCUT2D eigenvalue weighted by Crippen LogP contribution is -2.27. The van der Waals surface area contributed by atoms with Gasteiger partial charge >= 0.3 is 6.09 Å². The standard InChI is InChI=1S/C11H16N2O3/c1-11(2,3)16-10(15)13-8-4-5-9(7-14)12-6-8/h4-6,14H,7H2,1-3H3,(H,13,15). The van der Waals surface area contributed by atoms with E-state index in [9.17, 15) is 4.79 Å². The van der Waals surface area contributed by atoms with Crippen molar-refractivity contribution in [3.05, 3.63) is 24.0 Å². The number of pyridine rings is 1. The summed E-state index contributed by atoms with van der Waals surface area (Å²) in [5.74, 6) is 0. The quantitative estimate of drug-likeness (QED) is 0.805. The fourth-order valence-electron chi connectivity index (χ4n) is 1.01. The molecule has 1 aromatic heterocycles. The minimum Gasteiger partial charge on any atom is -0.444 e. The first-order valence-corrected chi connectivity index (χ1v) is 4.96. The first-order chi connectivity index (χ1) is 7.40. The van der Waals surface area contributed by atoms with Crippen molar-refractivity contribution >= 4 is 11.8 Å². The number of carbonyl (C=O) groups excluding carboxylic acids is 1. The fourth-order valence-corrected chi connectivity index (χ4v) is 1.01. The maximum atomic E-state index is 11.4. The monoisotopic (exact) mass is 224 g/mol. The third-order valence-electron chi connectivity index (χ3n) is 1.63. The highest BCUT2D eigenvalue weighted by Crippen LogP contribution is 2.11. The number of aliphatic hydroxyl groups excluding tert-OH is 1. The van der Waals surface area contributed by atoms with E-state index in [2.05, 4.69) is 10.3 Å². The Hall–Kier alpha value is -1.62. The summed E-state index contributed by atoms with van der Waals surface area (Å²) in [5.41, 5.74) is 0.559. The molecule has 5 nitrogen and oxygen atoms in total. The highest BCUT2D eigenvalue weighted by atomic mass is 16.6. The van der Waals surface area contributed by atoms with Crippen LogP contribution in [0.4, 0.5) is 10.5 Å². The van der Waals surface area contributed by atoms with Gasteiger partial charge in [0.1, 0.15) is 5.60 Å². The zero-order valence-electron chi connectivity index (χ0n) is 9.65. The molecule has 16 heavy (non-hydrogen) atoms.